The highest BCUT2D eigenvalue weighted by atomic mass is 79.9. The molecule has 1 amide bonds. The lowest BCUT2D eigenvalue weighted by Gasteiger charge is -2.17. The normalized spacial score (nSPS) is 13.4. The second kappa shape index (κ2) is 8.48. The van der Waals surface area contributed by atoms with Crippen LogP contribution in [0.5, 0.6) is 0 Å². The Morgan fingerprint density at radius 3 is 2.39 bits per heavy atom. The van der Waals surface area contributed by atoms with Crippen LogP contribution >= 0.6 is 27.5 Å². The van der Waals surface area contributed by atoms with Gasteiger partial charge in [-0.15, -0.1) is 0 Å². The minimum Gasteiger partial charge on any atom is -0.345 e. The maximum Gasteiger partial charge on any atom is 0.275 e. The SMILES string of the molecule is C[C@@H](NC(=O)C[NH+](C)Cc1ccc(Cl)cc1)c1ccc(Br)cc1. The van der Waals surface area contributed by atoms with Gasteiger partial charge >= 0.3 is 0 Å². The fourth-order valence-corrected chi connectivity index (χ4v) is 2.80. The monoisotopic (exact) mass is 395 g/mol. The highest BCUT2D eigenvalue weighted by molar-refractivity contribution is 9.10. The number of carbonyl (C=O) groups is 1. The summed E-state index contributed by atoms with van der Waals surface area (Å²) in [6, 6.07) is 15.7. The molecule has 0 fully saturated rings. The van der Waals surface area contributed by atoms with Crippen molar-refractivity contribution in [3.05, 3.63) is 69.2 Å². The number of rotatable bonds is 6. The van der Waals surface area contributed by atoms with Crippen molar-refractivity contribution in [1.29, 1.82) is 0 Å². The Hall–Kier alpha value is -1.36. The zero-order valence-corrected chi connectivity index (χ0v) is 15.6. The number of amides is 1. The first kappa shape index (κ1) is 18.0. The van der Waals surface area contributed by atoms with Crippen molar-refractivity contribution in [3.8, 4) is 0 Å². The van der Waals surface area contributed by atoms with E-state index < -0.39 is 0 Å². The van der Waals surface area contributed by atoms with Gasteiger partial charge in [0.2, 0.25) is 0 Å². The van der Waals surface area contributed by atoms with Gasteiger partial charge in [0, 0.05) is 15.1 Å². The van der Waals surface area contributed by atoms with Crippen molar-refractivity contribution in [3.63, 3.8) is 0 Å². The van der Waals surface area contributed by atoms with Gasteiger partial charge < -0.3 is 10.2 Å². The van der Waals surface area contributed by atoms with Gasteiger partial charge in [0.15, 0.2) is 6.54 Å². The topological polar surface area (TPSA) is 33.5 Å². The molecule has 3 nitrogen and oxygen atoms in total. The third-order valence-electron chi connectivity index (χ3n) is 3.63. The average Bonchev–Trinajstić information content (AvgIpc) is 2.50. The van der Waals surface area contributed by atoms with Crippen molar-refractivity contribution in [2.45, 2.75) is 19.5 Å². The predicted octanol–water partition coefficient (Wildman–Crippen LogP) is 2.99. The molecule has 2 N–H and O–H groups in total. The molecule has 0 heterocycles. The molecule has 0 saturated carbocycles. The summed E-state index contributed by atoms with van der Waals surface area (Å²) in [5, 5.41) is 3.77. The summed E-state index contributed by atoms with van der Waals surface area (Å²) < 4.78 is 1.03. The number of likely N-dealkylation sites (N-methyl/N-ethyl adjacent to an activating group) is 1. The van der Waals surface area contributed by atoms with Crippen molar-refractivity contribution in [1.82, 2.24) is 5.32 Å². The van der Waals surface area contributed by atoms with Crippen LogP contribution in [0.25, 0.3) is 0 Å². The van der Waals surface area contributed by atoms with Crippen LogP contribution in [0, 0.1) is 0 Å². The first-order chi connectivity index (χ1) is 10.9. The van der Waals surface area contributed by atoms with E-state index in [1.807, 2.05) is 62.5 Å². The number of nitrogens with one attached hydrogen (secondary N) is 2. The molecule has 0 bridgehead atoms. The van der Waals surface area contributed by atoms with Crippen molar-refractivity contribution in [2.75, 3.05) is 13.6 Å². The van der Waals surface area contributed by atoms with Gasteiger partial charge in [0.05, 0.1) is 13.1 Å². The van der Waals surface area contributed by atoms with E-state index in [1.54, 1.807) is 0 Å². The van der Waals surface area contributed by atoms with E-state index in [2.05, 4.69) is 21.2 Å². The summed E-state index contributed by atoms with van der Waals surface area (Å²) in [5.41, 5.74) is 2.26. The van der Waals surface area contributed by atoms with Crippen LogP contribution in [0.15, 0.2) is 53.0 Å². The van der Waals surface area contributed by atoms with E-state index in [0.29, 0.717) is 6.54 Å². The molecule has 0 spiro atoms. The third kappa shape index (κ3) is 5.98. The van der Waals surface area contributed by atoms with Gasteiger partial charge in [-0.3, -0.25) is 4.79 Å². The summed E-state index contributed by atoms with van der Waals surface area (Å²) in [5.74, 6) is 0.0480. The first-order valence-corrected chi connectivity index (χ1v) is 8.71. The molecule has 0 saturated heterocycles. The maximum atomic E-state index is 12.2. The molecule has 2 aromatic carbocycles. The molecule has 122 valence electrons. The molecule has 0 aliphatic heterocycles. The molecule has 0 aliphatic rings. The summed E-state index contributed by atoms with van der Waals surface area (Å²) in [4.78, 5) is 13.3. The lowest BCUT2D eigenvalue weighted by atomic mass is 10.1. The minimum atomic E-state index is -0.000989. The van der Waals surface area contributed by atoms with Crippen LogP contribution in [0.4, 0.5) is 0 Å². The zero-order chi connectivity index (χ0) is 16.8. The number of quaternary nitrogens is 1. The van der Waals surface area contributed by atoms with Crippen LogP contribution in [0.1, 0.15) is 24.1 Å². The van der Waals surface area contributed by atoms with E-state index in [1.165, 1.54) is 5.56 Å². The number of halogens is 2. The van der Waals surface area contributed by atoms with Crippen molar-refractivity contribution in [2.24, 2.45) is 0 Å². The molecule has 23 heavy (non-hydrogen) atoms. The van der Waals surface area contributed by atoms with Crippen molar-refractivity contribution >= 4 is 33.4 Å². The fraction of sp³-hybridized carbons (Fsp3) is 0.278. The number of benzene rings is 2. The predicted molar refractivity (Wildman–Crippen MR) is 97.6 cm³/mol. The van der Waals surface area contributed by atoms with E-state index >= 15 is 0 Å². The Kier molecular flexibility index (Phi) is 6.63. The van der Waals surface area contributed by atoms with Gasteiger partial charge in [-0.05, 0) is 36.8 Å². The Labute approximate surface area is 150 Å². The van der Waals surface area contributed by atoms with Crippen LogP contribution in [0.3, 0.4) is 0 Å². The molecule has 0 radical (unpaired) electrons. The molecule has 0 aliphatic carbocycles. The van der Waals surface area contributed by atoms with Crippen LogP contribution in [-0.2, 0) is 11.3 Å². The number of hydrogen-bond acceptors (Lipinski definition) is 1. The van der Waals surface area contributed by atoms with Crippen LogP contribution in [0.2, 0.25) is 5.02 Å². The maximum absolute atomic E-state index is 12.2. The van der Waals surface area contributed by atoms with E-state index in [9.17, 15) is 4.79 Å². The standard InChI is InChI=1S/C18H20BrClN2O/c1-13(15-5-7-16(19)8-6-15)21-18(23)12-22(2)11-14-3-9-17(20)10-4-14/h3-10,13H,11-12H2,1-2H3,(H,21,23)/p+1/t13-/m1/s1. The third-order valence-corrected chi connectivity index (χ3v) is 4.41. The lowest BCUT2D eigenvalue weighted by Crippen LogP contribution is -3.08. The summed E-state index contributed by atoms with van der Waals surface area (Å²) in [6.45, 7) is 3.22. The second-order valence-corrected chi connectivity index (χ2v) is 7.13. The van der Waals surface area contributed by atoms with Crippen LogP contribution in [-0.4, -0.2) is 19.5 Å². The Morgan fingerprint density at radius 2 is 1.78 bits per heavy atom. The minimum absolute atomic E-state index is 0.000989. The summed E-state index contributed by atoms with van der Waals surface area (Å²) >= 11 is 9.30. The van der Waals surface area contributed by atoms with Gasteiger partial charge in [0.25, 0.3) is 5.91 Å². The van der Waals surface area contributed by atoms with E-state index in [0.717, 1.165) is 26.5 Å². The molecule has 2 atom stereocenters. The van der Waals surface area contributed by atoms with Gasteiger partial charge in [-0.2, -0.15) is 0 Å². The Morgan fingerprint density at radius 1 is 1.17 bits per heavy atom. The molecule has 5 heteroatoms. The second-order valence-electron chi connectivity index (χ2n) is 5.78. The Bertz CT molecular complexity index is 643. The molecule has 0 aromatic heterocycles. The highest BCUT2D eigenvalue weighted by Crippen LogP contribution is 2.16. The van der Waals surface area contributed by atoms with Gasteiger partial charge in [-0.25, -0.2) is 0 Å². The van der Waals surface area contributed by atoms with E-state index in [4.69, 9.17) is 11.6 Å². The number of carbonyl (C=O) groups excluding carboxylic acids is 1. The first-order valence-electron chi connectivity index (χ1n) is 7.54. The smallest absolute Gasteiger partial charge is 0.275 e. The summed E-state index contributed by atoms with van der Waals surface area (Å²) in [7, 11) is 2.01. The Balaban J connectivity index is 1.83. The zero-order valence-electron chi connectivity index (χ0n) is 13.3. The van der Waals surface area contributed by atoms with Crippen molar-refractivity contribution < 1.29 is 9.69 Å². The lowest BCUT2D eigenvalue weighted by molar-refractivity contribution is -0.885. The number of hydrogen-bond donors (Lipinski definition) is 2. The molecular weight excluding hydrogens is 376 g/mol. The van der Waals surface area contributed by atoms with Gasteiger partial charge in [0.1, 0.15) is 6.54 Å². The fourth-order valence-electron chi connectivity index (χ4n) is 2.41. The largest absolute Gasteiger partial charge is 0.345 e. The molecular formula is C18H21BrClN2O+. The van der Waals surface area contributed by atoms with E-state index in [-0.39, 0.29) is 11.9 Å². The molecule has 1 unspecified atom stereocenters. The highest BCUT2D eigenvalue weighted by Gasteiger charge is 2.14. The molecule has 2 aromatic rings. The summed E-state index contributed by atoms with van der Waals surface area (Å²) in [6.07, 6.45) is 0. The molecule has 2 rings (SSSR count). The quantitative estimate of drug-likeness (QED) is 0.773. The van der Waals surface area contributed by atoms with Gasteiger partial charge in [-0.1, -0.05) is 51.8 Å². The average molecular weight is 397 g/mol. The van der Waals surface area contributed by atoms with Crippen LogP contribution < -0.4 is 10.2 Å².